The summed E-state index contributed by atoms with van der Waals surface area (Å²) in [6.45, 7) is 2.22. The highest BCUT2D eigenvalue weighted by Crippen LogP contribution is 2.40. The predicted molar refractivity (Wildman–Crippen MR) is 90.7 cm³/mol. The first-order valence-corrected chi connectivity index (χ1v) is 8.20. The van der Waals surface area contributed by atoms with Crippen molar-refractivity contribution in [2.24, 2.45) is 11.8 Å². The Hall–Kier alpha value is -1.88. The van der Waals surface area contributed by atoms with E-state index in [4.69, 9.17) is 0 Å². The van der Waals surface area contributed by atoms with Gasteiger partial charge >= 0.3 is 0 Å². The minimum absolute atomic E-state index is 0.0233. The minimum atomic E-state index is -0.141. The largest absolute Gasteiger partial charge is 0.356 e. The standard InChI is InChI=1S/C18H27N3O2/c1-20(2)11-7-10-19-17(22)15-12-16(15)18(23)21(3)13-14-8-5-4-6-9-14/h4-6,8-9,15-16H,7,10-13H2,1-3H3,(H,19,22). The normalized spacial score (nSPS) is 19.5. The molecular weight excluding hydrogens is 290 g/mol. The second-order valence-corrected chi connectivity index (χ2v) is 6.58. The van der Waals surface area contributed by atoms with Gasteiger partial charge in [-0.1, -0.05) is 30.3 Å². The van der Waals surface area contributed by atoms with Crippen LogP contribution in [0.1, 0.15) is 18.4 Å². The van der Waals surface area contributed by atoms with Crippen molar-refractivity contribution in [1.82, 2.24) is 15.1 Å². The zero-order valence-corrected chi connectivity index (χ0v) is 14.3. The molecule has 1 aromatic carbocycles. The molecule has 2 rings (SSSR count). The average molecular weight is 317 g/mol. The molecule has 0 radical (unpaired) electrons. The quantitative estimate of drug-likeness (QED) is 0.736. The van der Waals surface area contributed by atoms with Gasteiger partial charge < -0.3 is 15.1 Å². The van der Waals surface area contributed by atoms with E-state index < -0.39 is 0 Å². The lowest BCUT2D eigenvalue weighted by Crippen LogP contribution is -2.32. The Bertz CT molecular complexity index is 530. The van der Waals surface area contributed by atoms with Crippen LogP contribution in [0.25, 0.3) is 0 Å². The zero-order valence-electron chi connectivity index (χ0n) is 14.3. The summed E-state index contributed by atoms with van der Waals surface area (Å²) in [5, 5.41) is 2.94. The van der Waals surface area contributed by atoms with Gasteiger partial charge in [0.05, 0.1) is 11.8 Å². The summed E-state index contributed by atoms with van der Waals surface area (Å²) in [5.74, 6) is -0.185. The maximum absolute atomic E-state index is 12.4. The van der Waals surface area contributed by atoms with Crippen LogP contribution in [-0.2, 0) is 16.1 Å². The van der Waals surface area contributed by atoms with Crippen molar-refractivity contribution < 1.29 is 9.59 Å². The van der Waals surface area contributed by atoms with Gasteiger partial charge in [0.1, 0.15) is 0 Å². The number of amides is 2. The molecule has 23 heavy (non-hydrogen) atoms. The van der Waals surface area contributed by atoms with Crippen molar-refractivity contribution in [1.29, 1.82) is 0 Å². The van der Waals surface area contributed by atoms with Crippen LogP contribution in [0.15, 0.2) is 30.3 Å². The molecule has 5 nitrogen and oxygen atoms in total. The lowest BCUT2D eigenvalue weighted by atomic mass is 10.2. The third kappa shape index (κ3) is 5.36. The predicted octanol–water partition coefficient (Wildman–Crippen LogP) is 1.35. The Kier molecular flexibility index (Phi) is 6.16. The summed E-state index contributed by atoms with van der Waals surface area (Å²) in [4.78, 5) is 28.2. The molecule has 2 unspecified atom stereocenters. The average Bonchev–Trinajstić information content (AvgIpc) is 3.32. The van der Waals surface area contributed by atoms with Gasteiger partial charge in [0.2, 0.25) is 11.8 Å². The van der Waals surface area contributed by atoms with E-state index in [-0.39, 0.29) is 23.7 Å². The molecule has 1 saturated carbocycles. The molecule has 0 aliphatic heterocycles. The van der Waals surface area contributed by atoms with E-state index in [0.29, 0.717) is 19.5 Å². The number of carbonyl (C=O) groups excluding carboxylic acids is 2. The maximum atomic E-state index is 12.4. The maximum Gasteiger partial charge on any atom is 0.226 e. The van der Waals surface area contributed by atoms with E-state index in [1.54, 1.807) is 11.9 Å². The highest BCUT2D eigenvalue weighted by atomic mass is 16.2. The second-order valence-electron chi connectivity index (χ2n) is 6.58. The van der Waals surface area contributed by atoms with Crippen molar-refractivity contribution >= 4 is 11.8 Å². The number of benzene rings is 1. The fourth-order valence-electron chi connectivity index (χ4n) is 2.71. The van der Waals surface area contributed by atoms with Crippen LogP contribution >= 0.6 is 0 Å². The second kappa shape index (κ2) is 8.11. The van der Waals surface area contributed by atoms with E-state index in [1.165, 1.54) is 0 Å². The fraction of sp³-hybridized carbons (Fsp3) is 0.556. The third-order valence-corrected chi connectivity index (χ3v) is 4.16. The zero-order chi connectivity index (χ0) is 16.8. The number of hydrogen-bond acceptors (Lipinski definition) is 3. The Morgan fingerprint density at radius 1 is 1.13 bits per heavy atom. The summed E-state index contributed by atoms with van der Waals surface area (Å²) < 4.78 is 0. The molecule has 0 spiro atoms. The summed E-state index contributed by atoms with van der Waals surface area (Å²) in [6, 6.07) is 9.91. The molecule has 1 N–H and O–H groups in total. The fourth-order valence-corrected chi connectivity index (χ4v) is 2.71. The van der Waals surface area contributed by atoms with Crippen LogP contribution < -0.4 is 5.32 Å². The number of nitrogens with one attached hydrogen (secondary N) is 1. The van der Waals surface area contributed by atoms with Crippen molar-refractivity contribution in [2.45, 2.75) is 19.4 Å². The molecule has 1 aliphatic rings. The molecule has 1 aliphatic carbocycles. The number of carbonyl (C=O) groups is 2. The third-order valence-electron chi connectivity index (χ3n) is 4.16. The highest BCUT2D eigenvalue weighted by Gasteiger charge is 2.48. The summed E-state index contributed by atoms with van der Waals surface area (Å²) >= 11 is 0. The number of rotatable bonds is 8. The molecule has 0 aromatic heterocycles. The first kappa shape index (κ1) is 17.5. The Morgan fingerprint density at radius 2 is 1.83 bits per heavy atom. The molecular formula is C18H27N3O2. The van der Waals surface area contributed by atoms with Crippen LogP contribution in [0, 0.1) is 11.8 Å². The van der Waals surface area contributed by atoms with Gasteiger partial charge in [-0.25, -0.2) is 0 Å². The van der Waals surface area contributed by atoms with Crippen LogP contribution in [0.2, 0.25) is 0 Å². The molecule has 2 atom stereocenters. The molecule has 1 fully saturated rings. The molecule has 5 heteroatoms. The van der Waals surface area contributed by atoms with Gasteiger partial charge in [-0.05, 0) is 39.0 Å². The summed E-state index contributed by atoms with van der Waals surface area (Å²) in [5.41, 5.74) is 1.11. The van der Waals surface area contributed by atoms with Crippen molar-refractivity contribution in [2.75, 3.05) is 34.2 Å². The lowest BCUT2D eigenvalue weighted by Gasteiger charge is -2.17. The van der Waals surface area contributed by atoms with Crippen LogP contribution in [0.4, 0.5) is 0 Å². The summed E-state index contributed by atoms with van der Waals surface area (Å²) in [6.07, 6.45) is 1.61. The molecule has 1 aromatic rings. The molecule has 0 saturated heterocycles. The van der Waals surface area contributed by atoms with Gasteiger partial charge in [0.15, 0.2) is 0 Å². The lowest BCUT2D eigenvalue weighted by molar-refractivity contribution is -0.134. The van der Waals surface area contributed by atoms with Crippen molar-refractivity contribution in [3.05, 3.63) is 35.9 Å². The Morgan fingerprint density at radius 3 is 2.48 bits per heavy atom. The van der Waals surface area contributed by atoms with E-state index in [0.717, 1.165) is 18.5 Å². The van der Waals surface area contributed by atoms with Crippen molar-refractivity contribution in [3.8, 4) is 0 Å². The summed E-state index contributed by atoms with van der Waals surface area (Å²) in [7, 11) is 5.83. The topological polar surface area (TPSA) is 52.7 Å². The van der Waals surface area contributed by atoms with Crippen molar-refractivity contribution in [3.63, 3.8) is 0 Å². The first-order chi connectivity index (χ1) is 11.0. The van der Waals surface area contributed by atoms with Gasteiger partial charge in [0, 0.05) is 20.1 Å². The van der Waals surface area contributed by atoms with Crippen LogP contribution in [0.3, 0.4) is 0 Å². The Labute approximate surface area is 138 Å². The van der Waals surface area contributed by atoms with E-state index >= 15 is 0 Å². The smallest absolute Gasteiger partial charge is 0.226 e. The number of nitrogens with zero attached hydrogens (tertiary/aromatic N) is 2. The van der Waals surface area contributed by atoms with Gasteiger partial charge in [-0.3, -0.25) is 9.59 Å². The van der Waals surface area contributed by atoms with Gasteiger partial charge in [-0.15, -0.1) is 0 Å². The number of hydrogen-bond donors (Lipinski definition) is 1. The van der Waals surface area contributed by atoms with E-state index in [2.05, 4.69) is 10.2 Å². The molecule has 0 bridgehead atoms. The minimum Gasteiger partial charge on any atom is -0.356 e. The first-order valence-electron chi connectivity index (χ1n) is 8.20. The van der Waals surface area contributed by atoms with E-state index in [1.807, 2.05) is 44.4 Å². The van der Waals surface area contributed by atoms with Gasteiger partial charge in [0.25, 0.3) is 0 Å². The van der Waals surface area contributed by atoms with Gasteiger partial charge in [-0.2, -0.15) is 0 Å². The van der Waals surface area contributed by atoms with Crippen LogP contribution in [0.5, 0.6) is 0 Å². The van der Waals surface area contributed by atoms with E-state index in [9.17, 15) is 9.59 Å². The molecule has 0 heterocycles. The SMILES string of the molecule is CN(C)CCCNC(=O)C1CC1C(=O)N(C)Cc1ccccc1. The highest BCUT2D eigenvalue weighted by molar-refractivity contribution is 5.92. The monoisotopic (exact) mass is 317 g/mol. The van der Waals surface area contributed by atoms with Crippen LogP contribution in [-0.4, -0.2) is 55.8 Å². The molecule has 126 valence electrons. The molecule has 2 amide bonds. The Balaban J connectivity index is 1.72.